The van der Waals surface area contributed by atoms with E-state index >= 15 is 0 Å². The Labute approximate surface area is 163 Å². The van der Waals surface area contributed by atoms with Crippen molar-refractivity contribution in [1.82, 2.24) is 9.38 Å². The number of alkyl halides is 2. The van der Waals surface area contributed by atoms with Gasteiger partial charge in [-0.05, 0) is 30.7 Å². The Bertz CT molecular complexity index is 988. The van der Waals surface area contributed by atoms with E-state index in [4.69, 9.17) is 4.74 Å². The van der Waals surface area contributed by atoms with Crippen LogP contribution in [0.1, 0.15) is 30.1 Å². The summed E-state index contributed by atoms with van der Waals surface area (Å²) in [4.78, 5) is 16.8. The molecule has 142 valence electrons. The van der Waals surface area contributed by atoms with E-state index in [2.05, 4.69) is 25.7 Å². The van der Waals surface area contributed by atoms with Gasteiger partial charge in [0.05, 0.1) is 19.0 Å². The van der Waals surface area contributed by atoms with Crippen molar-refractivity contribution in [2.45, 2.75) is 26.4 Å². The Morgan fingerprint density at radius 1 is 1.30 bits per heavy atom. The topological polar surface area (TPSA) is 52.8 Å². The second kappa shape index (κ2) is 8.04. The van der Waals surface area contributed by atoms with Crippen LogP contribution in [0.2, 0.25) is 0 Å². The van der Waals surface area contributed by atoms with Crippen molar-refractivity contribution in [3.05, 3.63) is 46.7 Å². The van der Waals surface area contributed by atoms with Crippen molar-refractivity contribution in [2.75, 3.05) is 7.11 Å². The summed E-state index contributed by atoms with van der Waals surface area (Å²) in [6.07, 6.45) is 4.22. The van der Waals surface area contributed by atoms with Crippen molar-refractivity contribution < 1.29 is 23.0 Å². The minimum atomic E-state index is -3.06. The Kier molecular flexibility index (Phi) is 5.74. The molecule has 0 unspecified atom stereocenters. The molecule has 8 heteroatoms. The molecule has 3 rings (SSSR count). The average molecular weight is 439 g/mol. The zero-order chi connectivity index (χ0) is 19.6. The van der Waals surface area contributed by atoms with E-state index in [0.717, 1.165) is 4.47 Å². The van der Waals surface area contributed by atoms with Gasteiger partial charge in [0.1, 0.15) is 22.7 Å². The normalized spacial score (nSPS) is 11.2. The van der Waals surface area contributed by atoms with Crippen LogP contribution in [0.15, 0.2) is 41.1 Å². The van der Waals surface area contributed by atoms with Gasteiger partial charge in [0.15, 0.2) is 5.78 Å². The van der Waals surface area contributed by atoms with Crippen LogP contribution in [0.5, 0.6) is 11.5 Å². The van der Waals surface area contributed by atoms with Crippen LogP contribution in [0.4, 0.5) is 8.78 Å². The maximum atomic E-state index is 13.0. The third kappa shape index (κ3) is 3.95. The molecule has 0 radical (unpaired) electrons. The highest BCUT2D eigenvalue weighted by Crippen LogP contribution is 2.37. The number of hydrogen-bond acceptors (Lipinski definition) is 4. The van der Waals surface area contributed by atoms with Gasteiger partial charge < -0.3 is 9.47 Å². The number of carbonyl (C=O) groups excluding carboxylic acids is 1. The highest BCUT2D eigenvalue weighted by atomic mass is 79.9. The van der Waals surface area contributed by atoms with Crippen molar-refractivity contribution in [3.8, 4) is 22.8 Å². The molecule has 2 aromatic heterocycles. The van der Waals surface area contributed by atoms with E-state index in [-0.39, 0.29) is 29.3 Å². The number of rotatable bonds is 7. The predicted molar refractivity (Wildman–Crippen MR) is 101 cm³/mol. The molecule has 0 aliphatic rings. The summed E-state index contributed by atoms with van der Waals surface area (Å²) in [6.45, 7) is -1.22. The fraction of sp³-hybridized carbons (Fsp3) is 0.263. The maximum absolute atomic E-state index is 13.0. The Morgan fingerprint density at radius 2 is 2.04 bits per heavy atom. The Morgan fingerprint density at radius 3 is 2.70 bits per heavy atom. The van der Waals surface area contributed by atoms with Gasteiger partial charge in [0.25, 0.3) is 0 Å². The van der Waals surface area contributed by atoms with Crippen molar-refractivity contribution in [3.63, 3.8) is 0 Å². The molecule has 0 saturated heterocycles. The maximum Gasteiger partial charge on any atom is 0.387 e. The summed E-state index contributed by atoms with van der Waals surface area (Å²) in [5.41, 5.74) is 1.91. The van der Waals surface area contributed by atoms with Crippen molar-refractivity contribution in [1.29, 1.82) is 0 Å². The van der Waals surface area contributed by atoms with Crippen molar-refractivity contribution >= 4 is 27.4 Å². The molecule has 0 amide bonds. The standard InChI is InChI=1S/C19H17BrF2N2O3/c1-3-4-14(25)18-15(26-2)7-11(8-16(18)27-19(21)22)13-10-23-17-9-12(20)5-6-24(13)17/h5-10,19H,3-4H2,1-2H3. The lowest BCUT2D eigenvalue weighted by Gasteiger charge is -2.16. The second-order valence-electron chi connectivity index (χ2n) is 5.82. The number of aromatic nitrogens is 2. The van der Waals surface area contributed by atoms with Gasteiger partial charge in [-0.2, -0.15) is 8.78 Å². The van der Waals surface area contributed by atoms with Crippen LogP contribution >= 0.6 is 15.9 Å². The molecule has 0 aliphatic heterocycles. The number of ketones is 1. The third-order valence-corrected chi connectivity index (χ3v) is 4.52. The van der Waals surface area contributed by atoms with E-state index < -0.39 is 6.61 Å². The first kappa shape index (κ1) is 19.3. The molecular weight excluding hydrogens is 422 g/mol. The molecule has 0 N–H and O–H groups in total. The molecule has 2 heterocycles. The number of fused-ring (bicyclic) bond motifs is 1. The zero-order valence-corrected chi connectivity index (χ0v) is 16.3. The second-order valence-corrected chi connectivity index (χ2v) is 6.74. The molecule has 0 spiro atoms. The average Bonchev–Trinajstić information content (AvgIpc) is 3.03. The van der Waals surface area contributed by atoms with E-state index in [1.807, 2.05) is 19.1 Å². The molecule has 0 saturated carbocycles. The van der Waals surface area contributed by atoms with E-state index in [0.29, 0.717) is 23.3 Å². The van der Waals surface area contributed by atoms with Crippen molar-refractivity contribution in [2.24, 2.45) is 0 Å². The summed E-state index contributed by atoms with van der Waals surface area (Å²) in [5.74, 6) is -0.322. The highest BCUT2D eigenvalue weighted by molar-refractivity contribution is 9.10. The van der Waals surface area contributed by atoms with Crippen LogP contribution in [0.3, 0.4) is 0 Å². The van der Waals surface area contributed by atoms with Crippen LogP contribution < -0.4 is 9.47 Å². The quantitative estimate of drug-likeness (QED) is 0.466. The summed E-state index contributed by atoms with van der Waals surface area (Å²) >= 11 is 3.39. The first-order valence-corrected chi connectivity index (χ1v) is 9.07. The third-order valence-electron chi connectivity index (χ3n) is 4.03. The SMILES string of the molecule is CCCC(=O)c1c(OC)cc(-c2cnc3cc(Br)ccn23)cc1OC(F)F. The smallest absolute Gasteiger partial charge is 0.387 e. The number of pyridine rings is 1. The number of halogens is 3. The van der Waals surface area contributed by atoms with Gasteiger partial charge in [0.2, 0.25) is 0 Å². The monoisotopic (exact) mass is 438 g/mol. The molecule has 0 bridgehead atoms. The van der Waals surface area contributed by atoms with Gasteiger partial charge in [-0.25, -0.2) is 4.98 Å². The molecule has 0 fully saturated rings. The number of imidazole rings is 1. The fourth-order valence-corrected chi connectivity index (χ4v) is 3.21. The predicted octanol–water partition coefficient (Wildman–Crippen LogP) is 5.36. The summed E-state index contributed by atoms with van der Waals surface area (Å²) < 4.78 is 38.6. The molecule has 0 aliphatic carbocycles. The molecule has 27 heavy (non-hydrogen) atoms. The molecule has 0 atom stereocenters. The Balaban J connectivity index is 2.20. The number of nitrogens with zero attached hydrogens (tertiary/aromatic N) is 2. The lowest BCUT2D eigenvalue weighted by atomic mass is 10.0. The molecular formula is C19H17BrF2N2O3. The van der Waals surface area contributed by atoms with Gasteiger partial charge in [-0.3, -0.25) is 9.20 Å². The van der Waals surface area contributed by atoms with Gasteiger partial charge >= 0.3 is 6.61 Å². The van der Waals surface area contributed by atoms with Crippen LogP contribution in [0, 0.1) is 0 Å². The fourth-order valence-electron chi connectivity index (χ4n) is 2.88. The van der Waals surface area contributed by atoms with Gasteiger partial charge in [0, 0.05) is 22.7 Å². The van der Waals surface area contributed by atoms with E-state index in [1.165, 1.54) is 13.2 Å². The van der Waals surface area contributed by atoms with E-state index in [9.17, 15) is 13.6 Å². The number of Topliss-reactive ketones (excluding diaryl/α,β-unsaturated/α-hetero) is 1. The zero-order valence-electron chi connectivity index (χ0n) is 14.7. The van der Waals surface area contributed by atoms with Crippen LogP contribution in [0.25, 0.3) is 16.9 Å². The summed E-state index contributed by atoms with van der Waals surface area (Å²) in [7, 11) is 1.39. The van der Waals surface area contributed by atoms with E-state index in [1.54, 1.807) is 22.9 Å². The summed E-state index contributed by atoms with van der Waals surface area (Å²) in [5, 5.41) is 0. The minimum Gasteiger partial charge on any atom is -0.496 e. The number of benzene rings is 1. The molecule has 5 nitrogen and oxygen atoms in total. The largest absolute Gasteiger partial charge is 0.496 e. The molecule has 1 aromatic carbocycles. The number of ether oxygens (including phenoxy) is 2. The highest BCUT2D eigenvalue weighted by Gasteiger charge is 2.23. The van der Waals surface area contributed by atoms with Gasteiger partial charge in [-0.1, -0.05) is 22.9 Å². The first-order chi connectivity index (χ1) is 12.9. The summed E-state index contributed by atoms with van der Waals surface area (Å²) in [6, 6.07) is 6.72. The van der Waals surface area contributed by atoms with Gasteiger partial charge in [-0.15, -0.1) is 0 Å². The number of hydrogen-bond donors (Lipinski definition) is 0. The number of carbonyl (C=O) groups is 1. The van der Waals surface area contributed by atoms with Crippen LogP contribution in [-0.2, 0) is 0 Å². The Hall–Kier alpha value is -2.48. The lowest BCUT2D eigenvalue weighted by Crippen LogP contribution is -2.10. The molecule has 3 aromatic rings. The minimum absolute atomic E-state index is 0.0277. The first-order valence-electron chi connectivity index (χ1n) is 8.27. The van der Waals surface area contributed by atoms with Crippen LogP contribution in [-0.4, -0.2) is 28.9 Å². The lowest BCUT2D eigenvalue weighted by molar-refractivity contribution is -0.0502. The number of methoxy groups -OCH3 is 1.